The van der Waals surface area contributed by atoms with Gasteiger partial charge in [0.25, 0.3) is 0 Å². The highest BCUT2D eigenvalue weighted by Crippen LogP contribution is 2.45. The summed E-state index contributed by atoms with van der Waals surface area (Å²) in [5.74, 6) is 0.219. The molecule has 0 radical (unpaired) electrons. The molecule has 110 valence electrons. The minimum absolute atomic E-state index is 0.120. The van der Waals surface area contributed by atoms with Crippen LogP contribution in [0.4, 0.5) is 5.69 Å². The predicted octanol–water partition coefficient (Wildman–Crippen LogP) is 3.99. The van der Waals surface area contributed by atoms with E-state index in [-0.39, 0.29) is 17.6 Å². The summed E-state index contributed by atoms with van der Waals surface area (Å²) in [5, 5.41) is 0.690. The van der Waals surface area contributed by atoms with E-state index >= 15 is 0 Å². The quantitative estimate of drug-likeness (QED) is 0.773. The standard InChI is InChI=1S/C16H22ClNO2/c1-10-9-16(3,4)18(11(2)15(19)20-5)14-8-12(17)6-7-13(10)14/h6-8,10-11H,9H2,1-5H3/t10-,11+/m0/s1. The number of hydrogen-bond donors (Lipinski definition) is 0. The first-order chi connectivity index (χ1) is 9.27. The number of esters is 1. The van der Waals surface area contributed by atoms with Crippen molar-refractivity contribution in [1.82, 2.24) is 0 Å². The van der Waals surface area contributed by atoms with Gasteiger partial charge in [-0.1, -0.05) is 24.6 Å². The summed E-state index contributed by atoms with van der Waals surface area (Å²) >= 11 is 6.16. The normalized spacial score (nSPS) is 22.1. The number of benzene rings is 1. The fourth-order valence-electron chi connectivity index (χ4n) is 3.43. The summed E-state index contributed by atoms with van der Waals surface area (Å²) in [6.07, 6.45) is 0.989. The molecule has 20 heavy (non-hydrogen) atoms. The summed E-state index contributed by atoms with van der Waals surface area (Å²) in [7, 11) is 1.43. The Bertz CT molecular complexity index is 527. The van der Waals surface area contributed by atoms with E-state index in [1.165, 1.54) is 12.7 Å². The highest BCUT2D eigenvalue weighted by Gasteiger charge is 2.41. The Hall–Kier alpha value is -1.22. The van der Waals surface area contributed by atoms with Crippen molar-refractivity contribution in [3.8, 4) is 0 Å². The maximum atomic E-state index is 12.0. The summed E-state index contributed by atoms with van der Waals surface area (Å²) in [5.41, 5.74) is 2.16. The minimum atomic E-state index is -0.334. The molecule has 0 N–H and O–H groups in total. The Morgan fingerprint density at radius 1 is 1.50 bits per heavy atom. The maximum Gasteiger partial charge on any atom is 0.328 e. The molecule has 0 saturated heterocycles. The summed E-state index contributed by atoms with van der Waals surface area (Å²) in [4.78, 5) is 14.1. The first kappa shape index (κ1) is 15.2. The molecule has 1 aliphatic heterocycles. The number of carbonyl (C=O) groups excluding carboxylic acids is 1. The predicted molar refractivity (Wildman–Crippen MR) is 82.5 cm³/mol. The van der Waals surface area contributed by atoms with Crippen molar-refractivity contribution in [2.75, 3.05) is 12.0 Å². The van der Waals surface area contributed by atoms with Gasteiger partial charge in [0.2, 0.25) is 0 Å². The van der Waals surface area contributed by atoms with Gasteiger partial charge in [-0.15, -0.1) is 0 Å². The van der Waals surface area contributed by atoms with Gasteiger partial charge in [0, 0.05) is 16.2 Å². The molecule has 1 aromatic rings. The molecule has 4 heteroatoms. The van der Waals surface area contributed by atoms with Gasteiger partial charge >= 0.3 is 5.97 Å². The van der Waals surface area contributed by atoms with Crippen LogP contribution < -0.4 is 4.90 Å². The number of methoxy groups -OCH3 is 1. The van der Waals surface area contributed by atoms with Crippen molar-refractivity contribution in [2.45, 2.75) is 51.6 Å². The largest absolute Gasteiger partial charge is 0.467 e. The van der Waals surface area contributed by atoms with Crippen LogP contribution in [0.25, 0.3) is 0 Å². The molecule has 0 fully saturated rings. The van der Waals surface area contributed by atoms with Crippen LogP contribution in [0.15, 0.2) is 18.2 Å². The molecule has 0 spiro atoms. The molecule has 1 aromatic carbocycles. The van der Waals surface area contributed by atoms with Crippen LogP contribution in [-0.2, 0) is 9.53 Å². The average Bonchev–Trinajstić information content (AvgIpc) is 2.35. The molecule has 0 saturated carbocycles. The van der Waals surface area contributed by atoms with E-state index in [0.717, 1.165) is 12.1 Å². The van der Waals surface area contributed by atoms with Gasteiger partial charge in [0.05, 0.1) is 7.11 Å². The number of nitrogens with zero attached hydrogens (tertiary/aromatic N) is 1. The second kappa shape index (κ2) is 5.28. The molecule has 2 rings (SSSR count). The molecule has 0 aliphatic carbocycles. The Kier molecular flexibility index (Phi) is 4.01. The second-order valence-electron chi connectivity index (χ2n) is 6.19. The number of ether oxygens (including phenoxy) is 1. The zero-order valence-corrected chi connectivity index (χ0v) is 13.5. The van der Waals surface area contributed by atoms with E-state index in [2.05, 4.69) is 31.7 Å². The van der Waals surface area contributed by atoms with Crippen molar-refractivity contribution >= 4 is 23.3 Å². The van der Waals surface area contributed by atoms with Gasteiger partial charge in [-0.25, -0.2) is 4.79 Å². The van der Waals surface area contributed by atoms with Gasteiger partial charge in [-0.05, 0) is 50.8 Å². The van der Waals surface area contributed by atoms with Gasteiger partial charge in [-0.2, -0.15) is 0 Å². The smallest absolute Gasteiger partial charge is 0.328 e. The Labute approximate surface area is 125 Å². The highest BCUT2D eigenvalue weighted by molar-refractivity contribution is 6.30. The Morgan fingerprint density at radius 2 is 2.15 bits per heavy atom. The van der Waals surface area contributed by atoms with Crippen LogP contribution in [-0.4, -0.2) is 24.7 Å². The molecule has 0 unspecified atom stereocenters. The van der Waals surface area contributed by atoms with Gasteiger partial charge in [0.15, 0.2) is 0 Å². The zero-order valence-electron chi connectivity index (χ0n) is 12.7. The number of anilines is 1. The van der Waals surface area contributed by atoms with Gasteiger partial charge in [-0.3, -0.25) is 0 Å². The van der Waals surface area contributed by atoms with Gasteiger partial charge < -0.3 is 9.64 Å². The first-order valence-electron chi connectivity index (χ1n) is 6.94. The maximum absolute atomic E-state index is 12.0. The SMILES string of the molecule is COC(=O)[C@@H](C)N1c2cc(Cl)ccc2[C@@H](C)CC1(C)C. The van der Waals surface area contributed by atoms with Crippen molar-refractivity contribution in [3.63, 3.8) is 0 Å². The molecular weight excluding hydrogens is 274 g/mol. The monoisotopic (exact) mass is 295 g/mol. The third kappa shape index (κ3) is 2.51. The van der Waals surface area contributed by atoms with E-state index in [4.69, 9.17) is 16.3 Å². The van der Waals surface area contributed by atoms with Crippen LogP contribution in [0.5, 0.6) is 0 Å². The van der Waals surface area contributed by atoms with E-state index in [1.807, 2.05) is 19.1 Å². The zero-order chi connectivity index (χ0) is 15.1. The summed E-state index contributed by atoms with van der Waals surface area (Å²) in [6.45, 7) is 8.42. The molecule has 0 bridgehead atoms. The average molecular weight is 296 g/mol. The Morgan fingerprint density at radius 3 is 2.75 bits per heavy atom. The van der Waals surface area contributed by atoms with Crippen molar-refractivity contribution < 1.29 is 9.53 Å². The lowest BCUT2D eigenvalue weighted by Gasteiger charge is -2.49. The number of hydrogen-bond acceptors (Lipinski definition) is 3. The molecule has 2 atom stereocenters. The van der Waals surface area contributed by atoms with Crippen molar-refractivity contribution in [1.29, 1.82) is 0 Å². The lowest BCUT2D eigenvalue weighted by Crippen LogP contribution is -2.55. The molecule has 1 aliphatic rings. The van der Waals surface area contributed by atoms with Gasteiger partial charge in [0.1, 0.15) is 6.04 Å². The lowest BCUT2D eigenvalue weighted by atomic mass is 9.79. The highest BCUT2D eigenvalue weighted by atomic mass is 35.5. The summed E-state index contributed by atoms with van der Waals surface area (Å²) in [6, 6.07) is 5.60. The molecule has 0 amide bonds. The molecule has 1 heterocycles. The molecule has 0 aromatic heterocycles. The Balaban J connectivity index is 2.56. The number of carbonyl (C=O) groups is 1. The van der Waals surface area contributed by atoms with Crippen molar-refractivity contribution in [3.05, 3.63) is 28.8 Å². The van der Waals surface area contributed by atoms with Crippen LogP contribution in [0.2, 0.25) is 5.02 Å². The van der Waals surface area contributed by atoms with E-state index < -0.39 is 0 Å². The van der Waals surface area contributed by atoms with E-state index in [9.17, 15) is 4.79 Å². The third-order valence-electron chi connectivity index (χ3n) is 4.17. The van der Waals surface area contributed by atoms with Crippen LogP contribution in [0, 0.1) is 0 Å². The fraction of sp³-hybridized carbons (Fsp3) is 0.562. The summed E-state index contributed by atoms with van der Waals surface area (Å²) < 4.78 is 4.92. The molecule has 3 nitrogen and oxygen atoms in total. The van der Waals surface area contributed by atoms with Crippen molar-refractivity contribution in [2.24, 2.45) is 0 Å². The topological polar surface area (TPSA) is 29.5 Å². The minimum Gasteiger partial charge on any atom is -0.467 e. The van der Waals surface area contributed by atoms with Crippen LogP contribution >= 0.6 is 11.6 Å². The van der Waals surface area contributed by atoms with E-state index in [1.54, 1.807) is 0 Å². The van der Waals surface area contributed by atoms with E-state index in [0.29, 0.717) is 10.9 Å². The third-order valence-corrected chi connectivity index (χ3v) is 4.41. The first-order valence-corrected chi connectivity index (χ1v) is 7.32. The number of rotatable bonds is 2. The lowest BCUT2D eigenvalue weighted by molar-refractivity contribution is -0.142. The fourth-order valence-corrected chi connectivity index (χ4v) is 3.60. The number of fused-ring (bicyclic) bond motifs is 1. The van der Waals surface area contributed by atoms with Crippen LogP contribution in [0.1, 0.15) is 45.6 Å². The van der Waals surface area contributed by atoms with Crippen LogP contribution in [0.3, 0.4) is 0 Å². The molecular formula is C16H22ClNO2. The number of halogens is 1. The second-order valence-corrected chi connectivity index (χ2v) is 6.63.